The predicted molar refractivity (Wildman–Crippen MR) is 128 cm³/mol. The van der Waals surface area contributed by atoms with E-state index < -0.39 is 12.1 Å². The predicted octanol–water partition coefficient (Wildman–Crippen LogP) is 4.64. The molecule has 3 aromatic rings. The topological polar surface area (TPSA) is 88.1 Å². The van der Waals surface area contributed by atoms with Crippen molar-refractivity contribution < 1.29 is 24.2 Å². The van der Waals surface area contributed by atoms with E-state index in [1.165, 1.54) is 47.6 Å². The van der Waals surface area contributed by atoms with Gasteiger partial charge in [0.1, 0.15) is 0 Å². The number of hydrogen-bond donors (Lipinski definition) is 2. The summed E-state index contributed by atoms with van der Waals surface area (Å²) in [5.41, 5.74) is 2.12. The molecule has 0 aromatic heterocycles. The number of fused-ring (bicyclic) bond motifs is 2. The van der Waals surface area contributed by atoms with Crippen LogP contribution in [0.5, 0.6) is 11.5 Å². The van der Waals surface area contributed by atoms with E-state index in [2.05, 4.69) is 29.6 Å². The van der Waals surface area contributed by atoms with Crippen LogP contribution in [0.4, 0.5) is 10.5 Å². The Bertz CT molecular complexity index is 1250. The number of nitrogens with one attached hydrogen (secondary N) is 1. The standard InChI is InChI=1S/C26H26N2O5/c1-16-21(15-27-12-11-18-9-6-8-17-7-4-5-10-19(17)18)25(29)20-13-23(32-2)24(33-3)14-22(20)28(16)26(30)31/h4-10,13-16,27H,11-12H2,1-3H3,(H,30,31). The minimum absolute atomic E-state index is 0.242. The van der Waals surface area contributed by atoms with Gasteiger partial charge in [0.25, 0.3) is 0 Å². The summed E-state index contributed by atoms with van der Waals surface area (Å²) < 4.78 is 10.6. The number of ketones is 1. The summed E-state index contributed by atoms with van der Waals surface area (Å²) in [5.74, 6) is 0.490. The average molecular weight is 447 g/mol. The molecule has 1 amide bonds. The number of methoxy groups -OCH3 is 2. The van der Waals surface area contributed by atoms with Crippen LogP contribution in [0.15, 0.2) is 66.4 Å². The molecular weight excluding hydrogens is 420 g/mol. The number of anilines is 1. The largest absolute Gasteiger partial charge is 0.493 e. The molecule has 1 unspecified atom stereocenters. The van der Waals surface area contributed by atoms with Crippen molar-refractivity contribution in [2.24, 2.45) is 0 Å². The molecule has 4 rings (SSSR count). The smallest absolute Gasteiger partial charge is 0.412 e. The lowest BCUT2D eigenvalue weighted by atomic mass is 9.90. The summed E-state index contributed by atoms with van der Waals surface area (Å²) in [6.07, 6.45) is 1.25. The minimum Gasteiger partial charge on any atom is -0.493 e. The molecule has 0 fully saturated rings. The van der Waals surface area contributed by atoms with Gasteiger partial charge in [-0.25, -0.2) is 4.79 Å². The second kappa shape index (κ2) is 9.24. The summed E-state index contributed by atoms with van der Waals surface area (Å²) in [4.78, 5) is 26.5. The molecule has 1 aliphatic rings. The van der Waals surface area contributed by atoms with Crippen LogP contribution in [0, 0.1) is 0 Å². The van der Waals surface area contributed by atoms with Crippen molar-refractivity contribution in [3.8, 4) is 11.5 Å². The Kier molecular flexibility index (Phi) is 6.22. The van der Waals surface area contributed by atoms with Crippen LogP contribution in [-0.4, -0.2) is 43.8 Å². The number of ether oxygens (including phenoxy) is 2. The molecule has 0 aliphatic carbocycles. The maximum absolute atomic E-state index is 13.3. The lowest BCUT2D eigenvalue weighted by Crippen LogP contribution is -2.45. The molecule has 170 valence electrons. The van der Waals surface area contributed by atoms with E-state index in [-0.39, 0.29) is 17.0 Å². The lowest BCUT2D eigenvalue weighted by Gasteiger charge is -2.34. The molecule has 3 aromatic carbocycles. The number of carboxylic acid groups (broad SMARTS) is 1. The zero-order valence-electron chi connectivity index (χ0n) is 18.8. The highest BCUT2D eigenvalue weighted by molar-refractivity contribution is 6.18. The SMILES string of the molecule is COc1cc2c(cc1OC)N(C(=O)O)C(C)C(=CNCCc1cccc3ccccc13)C2=O. The van der Waals surface area contributed by atoms with Gasteiger partial charge in [0, 0.05) is 24.4 Å². The molecule has 0 saturated heterocycles. The van der Waals surface area contributed by atoms with Crippen molar-refractivity contribution in [1.82, 2.24) is 5.32 Å². The second-order valence-corrected chi connectivity index (χ2v) is 7.82. The van der Waals surface area contributed by atoms with Gasteiger partial charge in [0.2, 0.25) is 0 Å². The third-order valence-corrected chi connectivity index (χ3v) is 5.99. The summed E-state index contributed by atoms with van der Waals surface area (Å²) >= 11 is 0. The molecule has 0 spiro atoms. The maximum atomic E-state index is 13.3. The highest BCUT2D eigenvalue weighted by Gasteiger charge is 2.38. The van der Waals surface area contributed by atoms with Crippen LogP contribution in [0.25, 0.3) is 10.8 Å². The van der Waals surface area contributed by atoms with Crippen LogP contribution >= 0.6 is 0 Å². The van der Waals surface area contributed by atoms with Crippen LogP contribution in [-0.2, 0) is 6.42 Å². The number of hydrogen-bond acceptors (Lipinski definition) is 5. The zero-order chi connectivity index (χ0) is 23.5. The monoisotopic (exact) mass is 446 g/mol. The summed E-state index contributed by atoms with van der Waals surface area (Å²) in [7, 11) is 2.94. The number of carbonyl (C=O) groups excluding carboxylic acids is 1. The van der Waals surface area contributed by atoms with Crippen LogP contribution < -0.4 is 19.7 Å². The van der Waals surface area contributed by atoms with Crippen molar-refractivity contribution in [3.05, 3.63) is 77.5 Å². The van der Waals surface area contributed by atoms with Gasteiger partial charge in [-0.15, -0.1) is 0 Å². The van der Waals surface area contributed by atoms with Crippen molar-refractivity contribution in [2.45, 2.75) is 19.4 Å². The van der Waals surface area contributed by atoms with Gasteiger partial charge in [-0.1, -0.05) is 42.5 Å². The van der Waals surface area contributed by atoms with Crippen molar-refractivity contribution in [2.75, 3.05) is 25.7 Å². The van der Waals surface area contributed by atoms with Crippen LogP contribution in [0.3, 0.4) is 0 Å². The van der Waals surface area contributed by atoms with Crippen molar-refractivity contribution in [3.63, 3.8) is 0 Å². The van der Waals surface area contributed by atoms with E-state index in [0.29, 0.717) is 23.6 Å². The summed E-state index contributed by atoms with van der Waals surface area (Å²) in [6.45, 7) is 2.30. The molecule has 2 N–H and O–H groups in total. The van der Waals surface area contributed by atoms with E-state index in [1.807, 2.05) is 18.2 Å². The maximum Gasteiger partial charge on any atom is 0.412 e. The normalized spacial score (nSPS) is 16.6. The van der Waals surface area contributed by atoms with Crippen LogP contribution in [0.1, 0.15) is 22.8 Å². The Labute approximate surface area is 192 Å². The summed E-state index contributed by atoms with van der Waals surface area (Å²) in [6, 6.07) is 16.8. The Morgan fingerprint density at radius 2 is 1.79 bits per heavy atom. The Morgan fingerprint density at radius 1 is 1.09 bits per heavy atom. The van der Waals surface area contributed by atoms with E-state index in [9.17, 15) is 14.7 Å². The van der Waals surface area contributed by atoms with E-state index >= 15 is 0 Å². The Balaban J connectivity index is 1.60. The van der Waals surface area contributed by atoms with Gasteiger partial charge >= 0.3 is 6.09 Å². The Morgan fingerprint density at radius 3 is 2.52 bits per heavy atom. The van der Waals surface area contributed by atoms with Gasteiger partial charge < -0.3 is 19.9 Å². The van der Waals surface area contributed by atoms with Crippen LogP contribution in [0.2, 0.25) is 0 Å². The number of carbonyl (C=O) groups is 2. The first-order valence-corrected chi connectivity index (χ1v) is 10.7. The molecule has 1 atom stereocenters. The molecule has 1 aliphatic heterocycles. The third-order valence-electron chi connectivity index (χ3n) is 5.99. The van der Waals surface area contributed by atoms with Gasteiger partial charge in [-0.3, -0.25) is 9.69 Å². The lowest BCUT2D eigenvalue weighted by molar-refractivity contribution is 0.102. The fraction of sp³-hybridized carbons (Fsp3) is 0.231. The van der Waals surface area contributed by atoms with E-state index in [0.717, 1.165) is 6.42 Å². The zero-order valence-corrected chi connectivity index (χ0v) is 18.8. The number of benzene rings is 3. The van der Waals surface area contributed by atoms with E-state index in [4.69, 9.17) is 9.47 Å². The highest BCUT2D eigenvalue weighted by atomic mass is 16.5. The van der Waals surface area contributed by atoms with Gasteiger partial charge in [0.15, 0.2) is 17.3 Å². The number of amides is 1. The molecule has 33 heavy (non-hydrogen) atoms. The molecule has 1 heterocycles. The Hall–Kier alpha value is -4.00. The average Bonchev–Trinajstić information content (AvgIpc) is 2.82. The van der Waals surface area contributed by atoms with Gasteiger partial charge in [-0.2, -0.15) is 0 Å². The van der Waals surface area contributed by atoms with Crippen molar-refractivity contribution >= 4 is 28.3 Å². The fourth-order valence-corrected chi connectivity index (χ4v) is 4.30. The first-order valence-electron chi connectivity index (χ1n) is 10.7. The quantitative estimate of drug-likeness (QED) is 0.424. The minimum atomic E-state index is -1.15. The molecule has 7 heteroatoms. The fourth-order valence-electron chi connectivity index (χ4n) is 4.30. The number of Topliss-reactive ketones (excluding diaryl/α,β-unsaturated/α-hetero) is 1. The molecule has 7 nitrogen and oxygen atoms in total. The molecule has 0 saturated carbocycles. The number of nitrogens with zero attached hydrogens (tertiary/aromatic N) is 1. The molecule has 0 bridgehead atoms. The van der Waals surface area contributed by atoms with Crippen molar-refractivity contribution in [1.29, 1.82) is 0 Å². The summed E-state index contributed by atoms with van der Waals surface area (Å²) in [5, 5.41) is 15.5. The second-order valence-electron chi connectivity index (χ2n) is 7.82. The van der Waals surface area contributed by atoms with Gasteiger partial charge in [0.05, 0.1) is 31.5 Å². The van der Waals surface area contributed by atoms with E-state index in [1.54, 1.807) is 13.1 Å². The van der Waals surface area contributed by atoms with Gasteiger partial charge in [-0.05, 0) is 35.7 Å². The first kappa shape index (κ1) is 22.2. The first-order chi connectivity index (χ1) is 16.0. The molecular formula is C26H26N2O5. The number of rotatable bonds is 6. The highest BCUT2D eigenvalue weighted by Crippen LogP contribution is 2.41. The molecule has 0 radical (unpaired) electrons. The third kappa shape index (κ3) is 4.09.